The summed E-state index contributed by atoms with van der Waals surface area (Å²) < 4.78 is 10.5. The molecule has 0 saturated heterocycles. The maximum Gasteiger partial charge on any atom is 0.329 e. The van der Waals surface area contributed by atoms with Crippen molar-refractivity contribution in [3.63, 3.8) is 0 Å². The van der Waals surface area contributed by atoms with Gasteiger partial charge in [0, 0.05) is 6.42 Å². The molecule has 0 bridgehead atoms. The van der Waals surface area contributed by atoms with Gasteiger partial charge in [0.15, 0.2) is 6.61 Å². The number of nitrogens with zero attached hydrogens (tertiary/aromatic N) is 2. The first-order chi connectivity index (χ1) is 12.6. The molecular formula is C19H23N3O4. The number of amides is 1. The van der Waals surface area contributed by atoms with Crippen LogP contribution in [0, 0.1) is 0 Å². The average Bonchev–Trinajstić information content (AvgIpc) is 3.13. The molecule has 7 nitrogen and oxygen atoms in total. The molecule has 0 aliphatic carbocycles. The molecule has 2 aromatic rings. The third-order valence-electron chi connectivity index (χ3n) is 4.52. The van der Waals surface area contributed by atoms with Crippen molar-refractivity contribution < 1.29 is 19.1 Å². The van der Waals surface area contributed by atoms with Crippen molar-refractivity contribution in [3.05, 3.63) is 47.5 Å². The smallest absolute Gasteiger partial charge is 0.329 e. The fraction of sp³-hybridized carbons (Fsp3) is 0.421. The standard InChI is InChI=1S/C19H23N3O4/c1-3-4-13-5-7-14(8-6-13)26-11-18(23)22-10-16-15(20-12-21-16)9-17(22)19(24)25-2/h5-8,12,17H,3-4,9-11H2,1-2H3,(H,20,21). The Morgan fingerprint density at radius 1 is 1.31 bits per heavy atom. The number of esters is 1. The number of aryl methyl sites for hydroxylation is 1. The number of fused-ring (bicyclic) bond motifs is 1. The summed E-state index contributed by atoms with van der Waals surface area (Å²) in [4.78, 5) is 33.5. The summed E-state index contributed by atoms with van der Waals surface area (Å²) in [5.74, 6) is -0.0822. The number of ether oxygens (including phenoxy) is 2. The molecular weight excluding hydrogens is 334 g/mol. The highest BCUT2D eigenvalue weighted by Crippen LogP contribution is 2.22. The number of H-pyrrole nitrogens is 1. The Labute approximate surface area is 152 Å². The molecule has 1 aliphatic heterocycles. The Bertz CT molecular complexity index is 769. The first-order valence-electron chi connectivity index (χ1n) is 8.72. The van der Waals surface area contributed by atoms with Gasteiger partial charge in [0.2, 0.25) is 0 Å². The number of rotatable bonds is 6. The van der Waals surface area contributed by atoms with Gasteiger partial charge in [-0.3, -0.25) is 4.79 Å². The van der Waals surface area contributed by atoms with Crippen molar-refractivity contribution in [3.8, 4) is 5.75 Å². The third kappa shape index (κ3) is 3.87. The van der Waals surface area contributed by atoms with E-state index in [2.05, 4.69) is 16.9 Å². The highest BCUT2D eigenvalue weighted by atomic mass is 16.5. The predicted molar refractivity (Wildman–Crippen MR) is 94.6 cm³/mol. The van der Waals surface area contributed by atoms with Gasteiger partial charge < -0.3 is 19.4 Å². The maximum absolute atomic E-state index is 12.7. The van der Waals surface area contributed by atoms with Gasteiger partial charge in [-0.05, 0) is 24.1 Å². The van der Waals surface area contributed by atoms with Crippen LogP contribution in [0.1, 0.15) is 30.3 Å². The van der Waals surface area contributed by atoms with Gasteiger partial charge >= 0.3 is 5.97 Å². The molecule has 0 radical (unpaired) electrons. The largest absolute Gasteiger partial charge is 0.484 e. The van der Waals surface area contributed by atoms with E-state index in [1.54, 1.807) is 6.33 Å². The van der Waals surface area contributed by atoms with Crippen molar-refractivity contribution in [2.45, 2.75) is 38.8 Å². The summed E-state index contributed by atoms with van der Waals surface area (Å²) in [6, 6.07) is 7.04. The second kappa shape index (κ2) is 8.03. The molecule has 1 atom stereocenters. The first kappa shape index (κ1) is 18.0. The molecule has 1 aliphatic rings. The van der Waals surface area contributed by atoms with Crippen LogP contribution in [0.3, 0.4) is 0 Å². The lowest BCUT2D eigenvalue weighted by Gasteiger charge is -2.33. The van der Waals surface area contributed by atoms with Crippen LogP contribution in [0.25, 0.3) is 0 Å². The zero-order chi connectivity index (χ0) is 18.5. The Balaban J connectivity index is 1.66. The second-order valence-electron chi connectivity index (χ2n) is 6.28. The van der Waals surface area contributed by atoms with Gasteiger partial charge in [0.05, 0.1) is 31.4 Å². The number of imidazole rings is 1. The van der Waals surface area contributed by atoms with E-state index in [1.165, 1.54) is 17.6 Å². The highest BCUT2D eigenvalue weighted by molar-refractivity contribution is 5.86. The lowest BCUT2D eigenvalue weighted by atomic mass is 10.0. The van der Waals surface area contributed by atoms with E-state index < -0.39 is 12.0 Å². The highest BCUT2D eigenvalue weighted by Gasteiger charge is 2.36. The monoisotopic (exact) mass is 357 g/mol. The molecule has 1 unspecified atom stereocenters. The fourth-order valence-corrected chi connectivity index (χ4v) is 3.11. The Hall–Kier alpha value is -2.83. The normalized spacial score (nSPS) is 16.1. The van der Waals surface area contributed by atoms with Crippen LogP contribution < -0.4 is 4.74 Å². The number of aromatic amines is 1. The zero-order valence-electron chi connectivity index (χ0n) is 15.0. The van der Waals surface area contributed by atoms with Crippen LogP contribution in [0.4, 0.5) is 0 Å². The molecule has 2 heterocycles. The molecule has 1 N–H and O–H groups in total. The molecule has 0 saturated carbocycles. The van der Waals surface area contributed by atoms with Crippen LogP contribution in [0.5, 0.6) is 5.75 Å². The van der Waals surface area contributed by atoms with E-state index in [0.717, 1.165) is 24.2 Å². The maximum atomic E-state index is 12.7. The van der Waals surface area contributed by atoms with Crippen LogP contribution in [0.2, 0.25) is 0 Å². The van der Waals surface area contributed by atoms with E-state index in [-0.39, 0.29) is 19.1 Å². The number of nitrogens with one attached hydrogen (secondary N) is 1. The van der Waals surface area contributed by atoms with Crippen molar-refractivity contribution in [2.24, 2.45) is 0 Å². The number of hydrogen-bond acceptors (Lipinski definition) is 5. The quantitative estimate of drug-likeness (QED) is 0.798. The molecule has 0 spiro atoms. The van der Waals surface area contributed by atoms with Crippen molar-refractivity contribution in [2.75, 3.05) is 13.7 Å². The third-order valence-corrected chi connectivity index (χ3v) is 4.52. The molecule has 0 fully saturated rings. The van der Waals surface area contributed by atoms with E-state index in [1.807, 2.05) is 24.3 Å². The minimum absolute atomic E-state index is 0.135. The minimum Gasteiger partial charge on any atom is -0.484 e. The van der Waals surface area contributed by atoms with Crippen LogP contribution >= 0.6 is 0 Å². The number of hydrogen-bond donors (Lipinski definition) is 1. The summed E-state index contributed by atoms with van der Waals surface area (Å²) in [5, 5.41) is 0. The molecule has 7 heteroatoms. The zero-order valence-corrected chi connectivity index (χ0v) is 15.0. The number of carbonyl (C=O) groups is 2. The SMILES string of the molecule is CCCc1ccc(OCC(=O)N2Cc3[nH]cnc3CC2C(=O)OC)cc1. The summed E-state index contributed by atoms with van der Waals surface area (Å²) in [5.41, 5.74) is 2.86. The van der Waals surface area contributed by atoms with E-state index in [9.17, 15) is 9.59 Å². The van der Waals surface area contributed by atoms with E-state index in [0.29, 0.717) is 12.2 Å². The second-order valence-corrected chi connectivity index (χ2v) is 6.28. The van der Waals surface area contributed by atoms with Gasteiger partial charge in [-0.1, -0.05) is 25.5 Å². The van der Waals surface area contributed by atoms with Crippen molar-refractivity contribution in [1.82, 2.24) is 14.9 Å². The Morgan fingerprint density at radius 3 is 2.77 bits per heavy atom. The molecule has 26 heavy (non-hydrogen) atoms. The number of aromatic nitrogens is 2. The van der Waals surface area contributed by atoms with Crippen molar-refractivity contribution >= 4 is 11.9 Å². The van der Waals surface area contributed by atoms with Gasteiger partial charge in [0.1, 0.15) is 11.8 Å². The average molecular weight is 357 g/mol. The summed E-state index contributed by atoms with van der Waals surface area (Å²) in [7, 11) is 1.32. The minimum atomic E-state index is -0.682. The lowest BCUT2D eigenvalue weighted by molar-refractivity contribution is -0.154. The molecule has 1 aromatic carbocycles. The molecule has 1 aromatic heterocycles. The van der Waals surface area contributed by atoms with Crippen molar-refractivity contribution in [1.29, 1.82) is 0 Å². The first-order valence-corrected chi connectivity index (χ1v) is 8.72. The lowest BCUT2D eigenvalue weighted by Crippen LogP contribution is -2.50. The number of carbonyl (C=O) groups excluding carboxylic acids is 2. The Kier molecular flexibility index (Phi) is 5.55. The summed E-state index contributed by atoms with van der Waals surface area (Å²) >= 11 is 0. The number of methoxy groups -OCH3 is 1. The molecule has 1 amide bonds. The fourth-order valence-electron chi connectivity index (χ4n) is 3.11. The van der Waals surface area contributed by atoms with Crippen LogP contribution in [0.15, 0.2) is 30.6 Å². The summed E-state index contributed by atoms with van der Waals surface area (Å²) in [6.07, 6.45) is 4.00. The molecule has 138 valence electrons. The summed E-state index contributed by atoms with van der Waals surface area (Å²) in [6.45, 7) is 2.28. The number of benzene rings is 1. The predicted octanol–water partition coefficient (Wildman–Crippen LogP) is 1.87. The Morgan fingerprint density at radius 2 is 2.08 bits per heavy atom. The van der Waals surface area contributed by atoms with E-state index >= 15 is 0 Å². The van der Waals surface area contributed by atoms with Gasteiger partial charge in [0.25, 0.3) is 5.91 Å². The van der Waals surface area contributed by atoms with E-state index in [4.69, 9.17) is 9.47 Å². The van der Waals surface area contributed by atoms with Gasteiger partial charge in [-0.2, -0.15) is 0 Å². The molecule has 3 rings (SSSR count). The van der Waals surface area contributed by atoms with Gasteiger partial charge in [-0.25, -0.2) is 9.78 Å². The van der Waals surface area contributed by atoms with Crippen LogP contribution in [-0.2, 0) is 33.7 Å². The van der Waals surface area contributed by atoms with Gasteiger partial charge in [-0.15, -0.1) is 0 Å². The van der Waals surface area contributed by atoms with Crippen LogP contribution in [-0.4, -0.2) is 46.5 Å². The topological polar surface area (TPSA) is 84.5 Å².